The van der Waals surface area contributed by atoms with Crippen molar-refractivity contribution in [3.05, 3.63) is 64.0 Å². The van der Waals surface area contributed by atoms with Gasteiger partial charge in [-0.05, 0) is 23.8 Å². The van der Waals surface area contributed by atoms with Gasteiger partial charge in [-0.2, -0.15) is 0 Å². The summed E-state index contributed by atoms with van der Waals surface area (Å²) in [7, 11) is 0. The fourth-order valence-corrected chi connectivity index (χ4v) is 2.48. The van der Waals surface area contributed by atoms with E-state index < -0.39 is 16.7 Å². The summed E-state index contributed by atoms with van der Waals surface area (Å²) in [6.45, 7) is -0.396. The molecule has 1 N–H and O–H groups in total. The summed E-state index contributed by atoms with van der Waals surface area (Å²) in [6, 6.07) is 9.48. The van der Waals surface area contributed by atoms with Gasteiger partial charge in [0.2, 0.25) is 5.91 Å². The molecule has 2 aromatic rings. The molecular formula is C17H14FN3O5. The number of amides is 2. The van der Waals surface area contributed by atoms with E-state index in [9.17, 15) is 24.1 Å². The first-order chi connectivity index (χ1) is 12.4. The molecule has 0 saturated heterocycles. The van der Waals surface area contributed by atoms with E-state index in [4.69, 9.17) is 4.74 Å². The molecular weight excluding hydrogens is 345 g/mol. The van der Waals surface area contributed by atoms with Crippen molar-refractivity contribution in [1.82, 2.24) is 5.32 Å². The maximum absolute atomic E-state index is 12.9. The second-order valence-corrected chi connectivity index (χ2v) is 5.58. The smallest absolute Gasteiger partial charge is 0.271 e. The number of ether oxygens (including phenoxy) is 1. The third-order valence-electron chi connectivity index (χ3n) is 3.80. The zero-order valence-corrected chi connectivity index (χ0v) is 13.5. The van der Waals surface area contributed by atoms with Crippen LogP contribution in [0.1, 0.15) is 5.56 Å². The number of anilines is 1. The average Bonchev–Trinajstić information content (AvgIpc) is 2.63. The Labute approximate surface area is 147 Å². The van der Waals surface area contributed by atoms with Gasteiger partial charge in [-0.15, -0.1) is 0 Å². The molecule has 0 aliphatic carbocycles. The lowest BCUT2D eigenvalue weighted by atomic mass is 10.2. The summed E-state index contributed by atoms with van der Waals surface area (Å²) in [5.41, 5.74) is 0.662. The number of benzene rings is 2. The van der Waals surface area contributed by atoms with Crippen LogP contribution >= 0.6 is 0 Å². The summed E-state index contributed by atoms with van der Waals surface area (Å²) in [5, 5.41) is 13.6. The Morgan fingerprint density at radius 1 is 1.27 bits per heavy atom. The minimum absolute atomic E-state index is 0.166. The first kappa shape index (κ1) is 17.3. The predicted molar refractivity (Wildman–Crippen MR) is 89.2 cm³/mol. The van der Waals surface area contributed by atoms with Crippen LogP contribution in [-0.2, 0) is 16.1 Å². The van der Waals surface area contributed by atoms with Crippen molar-refractivity contribution in [2.24, 2.45) is 0 Å². The van der Waals surface area contributed by atoms with Gasteiger partial charge >= 0.3 is 0 Å². The molecule has 0 spiro atoms. The van der Waals surface area contributed by atoms with Crippen LogP contribution in [-0.4, -0.2) is 29.9 Å². The molecule has 2 amide bonds. The van der Waals surface area contributed by atoms with Gasteiger partial charge in [-0.3, -0.25) is 24.6 Å². The van der Waals surface area contributed by atoms with E-state index in [0.29, 0.717) is 11.3 Å². The molecule has 0 unspecified atom stereocenters. The highest BCUT2D eigenvalue weighted by atomic mass is 19.1. The monoisotopic (exact) mass is 359 g/mol. The molecule has 1 aliphatic rings. The predicted octanol–water partition coefficient (Wildman–Crippen LogP) is 1.78. The molecule has 26 heavy (non-hydrogen) atoms. The Morgan fingerprint density at radius 3 is 2.69 bits per heavy atom. The third-order valence-corrected chi connectivity index (χ3v) is 3.80. The number of nitrogens with zero attached hydrogens (tertiary/aromatic N) is 2. The number of nitrogens with one attached hydrogen (secondary N) is 1. The quantitative estimate of drug-likeness (QED) is 0.648. The largest absolute Gasteiger partial charge is 0.482 e. The van der Waals surface area contributed by atoms with E-state index in [0.717, 1.165) is 4.90 Å². The minimum atomic E-state index is -0.591. The van der Waals surface area contributed by atoms with Gasteiger partial charge in [0.05, 0.1) is 10.6 Å². The number of halogens is 1. The van der Waals surface area contributed by atoms with Gasteiger partial charge in [0.25, 0.3) is 11.6 Å². The molecule has 134 valence electrons. The Bertz CT molecular complexity index is 869. The van der Waals surface area contributed by atoms with E-state index in [1.807, 2.05) is 0 Å². The van der Waals surface area contributed by atoms with Gasteiger partial charge < -0.3 is 10.1 Å². The van der Waals surface area contributed by atoms with Gasteiger partial charge in [-0.25, -0.2) is 4.39 Å². The van der Waals surface area contributed by atoms with Gasteiger partial charge in [0.15, 0.2) is 6.61 Å². The highest BCUT2D eigenvalue weighted by Gasteiger charge is 2.29. The second-order valence-electron chi connectivity index (χ2n) is 5.58. The Hall–Kier alpha value is -3.49. The van der Waals surface area contributed by atoms with Crippen molar-refractivity contribution in [2.45, 2.75) is 6.54 Å². The third kappa shape index (κ3) is 3.77. The standard InChI is InChI=1S/C17H14FN3O5/c18-12-3-1-11(2-4-12)8-19-16(22)9-20-14-7-13(21(24)25)5-6-15(14)26-10-17(20)23/h1-7H,8-10H2,(H,19,22). The highest BCUT2D eigenvalue weighted by Crippen LogP contribution is 2.35. The number of hydrogen-bond donors (Lipinski definition) is 1. The maximum Gasteiger partial charge on any atom is 0.271 e. The fourth-order valence-electron chi connectivity index (χ4n) is 2.48. The molecule has 1 aliphatic heterocycles. The topological polar surface area (TPSA) is 102 Å². The molecule has 1 heterocycles. The first-order valence-electron chi connectivity index (χ1n) is 7.67. The number of carbonyl (C=O) groups is 2. The second kappa shape index (κ2) is 7.18. The van der Waals surface area contributed by atoms with Crippen molar-refractivity contribution in [1.29, 1.82) is 0 Å². The van der Waals surface area contributed by atoms with Crippen LogP contribution in [0.2, 0.25) is 0 Å². The van der Waals surface area contributed by atoms with E-state index in [1.54, 1.807) is 0 Å². The van der Waals surface area contributed by atoms with Crippen molar-refractivity contribution >= 4 is 23.2 Å². The van der Waals surface area contributed by atoms with Gasteiger partial charge in [0.1, 0.15) is 18.1 Å². The van der Waals surface area contributed by atoms with Crippen LogP contribution in [0.25, 0.3) is 0 Å². The molecule has 0 bridgehead atoms. The lowest BCUT2D eigenvalue weighted by Gasteiger charge is -2.28. The molecule has 0 saturated carbocycles. The Balaban J connectivity index is 1.71. The Morgan fingerprint density at radius 2 is 2.00 bits per heavy atom. The highest BCUT2D eigenvalue weighted by molar-refractivity contribution is 6.02. The molecule has 0 radical (unpaired) electrons. The lowest BCUT2D eigenvalue weighted by molar-refractivity contribution is -0.384. The number of rotatable bonds is 5. The first-order valence-corrected chi connectivity index (χ1v) is 7.67. The number of nitro benzene ring substituents is 1. The van der Waals surface area contributed by atoms with E-state index in [-0.39, 0.29) is 36.9 Å². The zero-order chi connectivity index (χ0) is 18.7. The molecule has 0 atom stereocenters. The van der Waals surface area contributed by atoms with Crippen LogP contribution in [0.15, 0.2) is 42.5 Å². The SMILES string of the molecule is O=C(CN1C(=O)COc2ccc([N+](=O)[O-])cc21)NCc1ccc(F)cc1. The summed E-state index contributed by atoms with van der Waals surface area (Å²) < 4.78 is 18.1. The number of non-ortho nitro benzene ring substituents is 1. The summed E-state index contributed by atoms with van der Waals surface area (Å²) in [4.78, 5) is 35.8. The van der Waals surface area contributed by atoms with Crippen molar-refractivity contribution in [3.63, 3.8) is 0 Å². The van der Waals surface area contributed by atoms with Crippen LogP contribution in [0.4, 0.5) is 15.8 Å². The zero-order valence-electron chi connectivity index (χ0n) is 13.5. The number of carbonyl (C=O) groups excluding carboxylic acids is 2. The summed E-state index contributed by atoms with van der Waals surface area (Å²) in [6.07, 6.45) is 0. The molecule has 3 rings (SSSR count). The van der Waals surface area contributed by atoms with Crippen LogP contribution in [0, 0.1) is 15.9 Å². The number of nitro groups is 1. The molecule has 0 fully saturated rings. The maximum atomic E-state index is 12.9. The Kier molecular flexibility index (Phi) is 4.78. The van der Waals surface area contributed by atoms with E-state index in [2.05, 4.69) is 5.32 Å². The average molecular weight is 359 g/mol. The summed E-state index contributed by atoms with van der Waals surface area (Å²) >= 11 is 0. The lowest BCUT2D eigenvalue weighted by Crippen LogP contribution is -2.45. The fraction of sp³-hybridized carbons (Fsp3) is 0.176. The molecule has 0 aromatic heterocycles. The number of hydrogen-bond acceptors (Lipinski definition) is 5. The normalized spacial score (nSPS) is 13.0. The molecule has 2 aromatic carbocycles. The summed E-state index contributed by atoms with van der Waals surface area (Å²) in [5.74, 6) is -1.02. The van der Waals surface area contributed by atoms with Crippen LogP contribution in [0.5, 0.6) is 5.75 Å². The minimum Gasteiger partial charge on any atom is -0.482 e. The van der Waals surface area contributed by atoms with Gasteiger partial charge in [0, 0.05) is 18.7 Å². The van der Waals surface area contributed by atoms with E-state index in [1.165, 1.54) is 42.5 Å². The van der Waals surface area contributed by atoms with Crippen molar-refractivity contribution in [2.75, 3.05) is 18.1 Å². The number of fused-ring (bicyclic) bond motifs is 1. The molecule has 9 heteroatoms. The van der Waals surface area contributed by atoms with E-state index >= 15 is 0 Å². The van der Waals surface area contributed by atoms with Crippen LogP contribution in [0.3, 0.4) is 0 Å². The van der Waals surface area contributed by atoms with Gasteiger partial charge in [-0.1, -0.05) is 12.1 Å². The molecule has 8 nitrogen and oxygen atoms in total. The van der Waals surface area contributed by atoms with Crippen LogP contribution < -0.4 is 15.0 Å². The van der Waals surface area contributed by atoms with Crippen molar-refractivity contribution in [3.8, 4) is 5.75 Å². The van der Waals surface area contributed by atoms with Crippen molar-refractivity contribution < 1.29 is 23.6 Å².